The maximum absolute atomic E-state index is 13.7. The van der Waals surface area contributed by atoms with Gasteiger partial charge in [0.2, 0.25) is 5.91 Å². The molecule has 11 nitrogen and oxygen atoms in total. The Bertz CT molecular complexity index is 1190. The maximum atomic E-state index is 13.7. The number of methoxy groups -OCH3 is 1. The van der Waals surface area contributed by atoms with Crippen molar-refractivity contribution in [2.24, 2.45) is 11.0 Å². The minimum absolute atomic E-state index is 0.0138. The zero-order valence-corrected chi connectivity index (χ0v) is 22.6. The van der Waals surface area contributed by atoms with Gasteiger partial charge in [0.15, 0.2) is 0 Å². The van der Waals surface area contributed by atoms with Crippen LogP contribution in [0.1, 0.15) is 37.4 Å². The van der Waals surface area contributed by atoms with Gasteiger partial charge >= 0.3 is 0 Å². The Morgan fingerprint density at radius 3 is 2.38 bits per heavy atom. The molecule has 0 unspecified atom stereocenters. The van der Waals surface area contributed by atoms with Crippen molar-refractivity contribution in [3.05, 3.63) is 69.8 Å². The van der Waals surface area contributed by atoms with Crippen LogP contribution in [0, 0.1) is 16.0 Å². The van der Waals surface area contributed by atoms with Crippen LogP contribution in [0.2, 0.25) is 0 Å². The van der Waals surface area contributed by atoms with Gasteiger partial charge in [-0.2, -0.15) is 5.10 Å². The van der Waals surface area contributed by atoms with Crippen molar-refractivity contribution in [3.8, 4) is 5.75 Å². The van der Waals surface area contributed by atoms with E-state index in [2.05, 4.69) is 10.0 Å². The van der Waals surface area contributed by atoms with E-state index in [1.165, 1.54) is 17.1 Å². The van der Waals surface area contributed by atoms with Crippen LogP contribution in [0.25, 0.3) is 0 Å². The summed E-state index contributed by atoms with van der Waals surface area (Å²) in [6, 6.07) is 13.2. The topological polar surface area (TPSA) is 118 Å². The normalized spacial score (nSPS) is 17.7. The number of nitro benzene ring substituents is 1. The number of nitro groups is 1. The van der Waals surface area contributed by atoms with Gasteiger partial charge in [0.1, 0.15) is 12.3 Å². The number of carbonyl (C=O) groups excluding carboxylic acids is 2. The number of morpholine rings is 1. The number of benzene rings is 2. The average molecular weight is 538 g/mol. The number of amides is 2. The van der Waals surface area contributed by atoms with Gasteiger partial charge in [-0.15, -0.1) is 0 Å². The lowest BCUT2D eigenvalue weighted by molar-refractivity contribution is -0.384. The first kappa shape index (κ1) is 28.2. The van der Waals surface area contributed by atoms with Gasteiger partial charge in [-0.25, -0.2) is 5.01 Å². The lowest BCUT2D eigenvalue weighted by Crippen LogP contribution is -2.47. The Morgan fingerprint density at radius 2 is 1.79 bits per heavy atom. The molecule has 2 amide bonds. The van der Waals surface area contributed by atoms with Crippen molar-refractivity contribution in [1.29, 1.82) is 0 Å². The van der Waals surface area contributed by atoms with Crippen LogP contribution in [-0.4, -0.2) is 90.3 Å². The summed E-state index contributed by atoms with van der Waals surface area (Å²) in [5, 5.41) is 17.2. The van der Waals surface area contributed by atoms with E-state index in [1.807, 2.05) is 38.1 Å². The Kier molecular flexibility index (Phi) is 9.26. The second-order valence-electron chi connectivity index (χ2n) is 9.95. The molecule has 0 aliphatic carbocycles. The number of non-ortho nitro benzene ring substituents is 1. The standard InChI is InChI=1S/C28H35N5O6/c1-20(2)28(35)31(13-12-30-14-16-39-17-15-30)19-27(34)32-26(22-6-10-24(38-3)11-7-22)18-25(29-32)21-4-8-23(9-5-21)33(36)37/h4-11,20,26H,12-19H2,1-3H3/t26-/m0/s1. The smallest absolute Gasteiger partial charge is 0.269 e. The number of carbonyl (C=O) groups is 2. The zero-order chi connectivity index (χ0) is 27.9. The molecule has 2 aromatic rings. The van der Waals surface area contributed by atoms with Crippen LogP contribution in [-0.2, 0) is 14.3 Å². The van der Waals surface area contributed by atoms with Gasteiger partial charge in [-0.3, -0.25) is 24.6 Å². The summed E-state index contributed by atoms with van der Waals surface area (Å²) < 4.78 is 10.7. The molecule has 0 saturated carbocycles. The molecule has 0 bridgehead atoms. The van der Waals surface area contributed by atoms with Crippen molar-refractivity contribution >= 4 is 23.2 Å². The molecule has 1 atom stereocenters. The largest absolute Gasteiger partial charge is 0.497 e. The molecular weight excluding hydrogens is 502 g/mol. The van der Waals surface area contributed by atoms with Crippen LogP contribution in [0.15, 0.2) is 53.6 Å². The highest BCUT2D eigenvalue weighted by Crippen LogP contribution is 2.34. The highest BCUT2D eigenvalue weighted by Gasteiger charge is 2.35. The molecule has 2 aliphatic rings. The van der Waals surface area contributed by atoms with Gasteiger partial charge in [-0.05, 0) is 35.4 Å². The molecule has 208 valence electrons. The van der Waals surface area contributed by atoms with Crippen molar-refractivity contribution in [1.82, 2.24) is 14.8 Å². The first-order valence-electron chi connectivity index (χ1n) is 13.1. The summed E-state index contributed by atoms with van der Waals surface area (Å²) in [6.07, 6.45) is 0.432. The molecule has 0 aromatic heterocycles. The van der Waals surface area contributed by atoms with Crippen LogP contribution in [0.3, 0.4) is 0 Å². The Morgan fingerprint density at radius 1 is 1.13 bits per heavy atom. The van der Waals surface area contributed by atoms with Crippen molar-refractivity contribution in [2.75, 3.05) is 53.0 Å². The predicted molar refractivity (Wildman–Crippen MR) is 146 cm³/mol. The van der Waals surface area contributed by atoms with E-state index in [0.29, 0.717) is 49.7 Å². The number of hydrazone groups is 1. The Labute approximate surface area is 228 Å². The minimum atomic E-state index is -0.451. The second kappa shape index (κ2) is 12.8. The number of nitrogens with zero attached hydrogens (tertiary/aromatic N) is 5. The molecule has 2 heterocycles. The highest BCUT2D eigenvalue weighted by molar-refractivity contribution is 6.03. The van der Waals surface area contributed by atoms with E-state index in [4.69, 9.17) is 9.47 Å². The van der Waals surface area contributed by atoms with Crippen LogP contribution < -0.4 is 4.74 Å². The molecule has 0 radical (unpaired) electrons. The van der Waals surface area contributed by atoms with E-state index in [0.717, 1.165) is 18.7 Å². The third kappa shape index (κ3) is 6.98. The number of rotatable bonds is 10. The van der Waals surface area contributed by atoms with Gasteiger partial charge < -0.3 is 14.4 Å². The Balaban J connectivity index is 1.57. The van der Waals surface area contributed by atoms with E-state index in [1.54, 1.807) is 24.1 Å². The van der Waals surface area contributed by atoms with Gasteiger partial charge in [0, 0.05) is 50.7 Å². The summed E-state index contributed by atoms with van der Waals surface area (Å²) in [5.74, 6) is 0.0701. The van der Waals surface area contributed by atoms with Crippen LogP contribution in [0.5, 0.6) is 5.75 Å². The molecule has 0 spiro atoms. The Hall–Kier alpha value is -3.83. The van der Waals surface area contributed by atoms with Crippen LogP contribution >= 0.6 is 0 Å². The van der Waals surface area contributed by atoms with Gasteiger partial charge in [0.25, 0.3) is 11.6 Å². The van der Waals surface area contributed by atoms with E-state index in [-0.39, 0.29) is 36.0 Å². The van der Waals surface area contributed by atoms with Crippen molar-refractivity contribution in [3.63, 3.8) is 0 Å². The first-order valence-corrected chi connectivity index (χ1v) is 13.1. The number of hydrogen-bond donors (Lipinski definition) is 0. The van der Waals surface area contributed by atoms with E-state index in [9.17, 15) is 19.7 Å². The molecule has 11 heteroatoms. The molecule has 2 aromatic carbocycles. The molecule has 1 saturated heterocycles. The summed E-state index contributed by atoms with van der Waals surface area (Å²) in [6.45, 7) is 7.58. The number of ether oxygens (including phenoxy) is 2. The fourth-order valence-corrected chi connectivity index (χ4v) is 4.73. The quantitative estimate of drug-likeness (QED) is 0.338. The summed E-state index contributed by atoms with van der Waals surface area (Å²) in [5.41, 5.74) is 2.21. The van der Waals surface area contributed by atoms with Gasteiger partial charge in [-0.1, -0.05) is 26.0 Å². The minimum Gasteiger partial charge on any atom is -0.497 e. The fourth-order valence-electron chi connectivity index (χ4n) is 4.73. The van der Waals surface area contributed by atoms with Gasteiger partial charge in [0.05, 0.1) is 37.0 Å². The maximum Gasteiger partial charge on any atom is 0.269 e. The third-order valence-electron chi connectivity index (χ3n) is 7.00. The fraction of sp³-hybridized carbons (Fsp3) is 0.464. The third-order valence-corrected chi connectivity index (χ3v) is 7.00. The predicted octanol–water partition coefficient (Wildman–Crippen LogP) is 3.10. The first-order chi connectivity index (χ1) is 18.8. The summed E-state index contributed by atoms with van der Waals surface area (Å²) in [4.78, 5) is 41.3. The summed E-state index contributed by atoms with van der Waals surface area (Å²) >= 11 is 0. The monoisotopic (exact) mass is 537 g/mol. The highest BCUT2D eigenvalue weighted by atomic mass is 16.6. The average Bonchev–Trinajstić information content (AvgIpc) is 3.41. The molecule has 4 rings (SSSR count). The van der Waals surface area contributed by atoms with E-state index < -0.39 is 4.92 Å². The zero-order valence-electron chi connectivity index (χ0n) is 22.6. The molecule has 39 heavy (non-hydrogen) atoms. The SMILES string of the molecule is COc1ccc([C@@H]2CC(c3ccc([N+](=O)[O-])cc3)=NN2C(=O)CN(CCN2CCOCC2)C(=O)C(C)C)cc1. The lowest BCUT2D eigenvalue weighted by atomic mass is 9.98. The second-order valence-corrected chi connectivity index (χ2v) is 9.95. The molecule has 1 fully saturated rings. The lowest BCUT2D eigenvalue weighted by Gasteiger charge is -2.31. The molecular formula is C28H35N5O6. The van der Waals surface area contributed by atoms with E-state index >= 15 is 0 Å². The molecule has 2 aliphatic heterocycles. The van der Waals surface area contributed by atoms with Crippen LogP contribution in [0.4, 0.5) is 5.69 Å². The molecule has 0 N–H and O–H groups in total. The summed E-state index contributed by atoms with van der Waals surface area (Å²) in [7, 11) is 1.59. The van der Waals surface area contributed by atoms with Crippen molar-refractivity contribution < 1.29 is 24.0 Å². The van der Waals surface area contributed by atoms with Crippen molar-refractivity contribution in [2.45, 2.75) is 26.3 Å². The number of hydrogen-bond acceptors (Lipinski definition) is 8.